The van der Waals surface area contributed by atoms with E-state index in [0.717, 1.165) is 43.0 Å². The molecule has 2 aromatic heterocycles. The number of anilines is 3. The summed E-state index contributed by atoms with van der Waals surface area (Å²) in [6, 6.07) is 17.0. The predicted molar refractivity (Wildman–Crippen MR) is 116 cm³/mol. The molecule has 1 aliphatic rings. The minimum atomic E-state index is -0.216. The first-order valence-electron chi connectivity index (χ1n) is 10.0. The number of fused-ring (bicyclic) bond motifs is 1. The Morgan fingerprint density at radius 2 is 1.80 bits per heavy atom. The fourth-order valence-electron chi connectivity index (χ4n) is 3.67. The molecular formula is C23H22FN5O. The van der Waals surface area contributed by atoms with E-state index in [0.29, 0.717) is 18.1 Å². The molecule has 0 radical (unpaired) electrons. The van der Waals surface area contributed by atoms with Crippen LogP contribution in [0.1, 0.15) is 5.56 Å². The Morgan fingerprint density at radius 1 is 1.00 bits per heavy atom. The number of ether oxygens (including phenoxy) is 1. The van der Waals surface area contributed by atoms with Crippen LogP contribution in [0.5, 0.6) is 0 Å². The lowest BCUT2D eigenvalue weighted by Gasteiger charge is -2.28. The highest BCUT2D eigenvalue weighted by Crippen LogP contribution is 2.22. The lowest BCUT2D eigenvalue weighted by Crippen LogP contribution is -2.36. The van der Waals surface area contributed by atoms with E-state index >= 15 is 0 Å². The number of hydrogen-bond acceptors (Lipinski definition) is 5. The average molecular weight is 403 g/mol. The fourth-order valence-corrected chi connectivity index (χ4v) is 3.67. The second kappa shape index (κ2) is 8.12. The minimum absolute atomic E-state index is 0.216. The number of benzene rings is 2. The fraction of sp³-hybridized carbons (Fsp3) is 0.217. The van der Waals surface area contributed by atoms with Crippen molar-refractivity contribution in [2.24, 2.45) is 0 Å². The number of morpholine rings is 1. The molecule has 0 aliphatic carbocycles. The van der Waals surface area contributed by atoms with Crippen molar-refractivity contribution in [3.63, 3.8) is 0 Å². The van der Waals surface area contributed by atoms with E-state index in [4.69, 9.17) is 4.74 Å². The van der Waals surface area contributed by atoms with E-state index in [9.17, 15) is 4.39 Å². The Bertz CT molecular complexity index is 1150. The molecule has 0 unspecified atom stereocenters. The maximum Gasteiger partial charge on any atom is 0.229 e. The van der Waals surface area contributed by atoms with E-state index in [2.05, 4.69) is 32.3 Å². The average Bonchev–Trinajstić information content (AvgIpc) is 3.18. The Balaban J connectivity index is 1.35. The molecule has 1 saturated heterocycles. The second-order valence-electron chi connectivity index (χ2n) is 7.28. The van der Waals surface area contributed by atoms with Gasteiger partial charge in [-0.15, -0.1) is 0 Å². The van der Waals surface area contributed by atoms with Crippen molar-refractivity contribution in [3.8, 4) is 0 Å². The van der Waals surface area contributed by atoms with Gasteiger partial charge < -0.3 is 19.5 Å². The van der Waals surface area contributed by atoms with Crippen molar-refractivity contribution >= 4 is 28.4 Å². The van der Waals surface area contributed by atoms with Crippen molar-refractivity contribution in [3.05, 3.63) is 78.4 Å². The molecule has 1 N–H and O–H groups in total. The zero-order valence-electron chi connectivity index (χ0n) is 16.5. The third kappa shape index (κ3) is 3.84. The molecule has 6 nitrogen and oxygen atoms in total. The molecule has 0 bridgehead atoms. The van der Waals surface area contributed by atoms with Gasteiger partial charge >= 0.3 is 0 Å². The van der Waals surface area contributed by atoms with Crippen LogP contribution in [0.2, 0.25) is 0 Å². The Morgan fingerprint density at radius 3 is 2.60 bits per heavy atom. The summed E-state index contributed by atoms with van der Waals surface area (Å²) in [7, 11) is 0. The predicted octanol–water partition coefficient (Wildman–Crippen LogP) is 4.20. The molecule has 7 heteroatoms. The molecule has 1 aliphatic heterocycles. The van der Waals surface area contributed by atoms with Crippen molar-refractivity contribution in [2.75, 3.05) is 36.5 Å². The van der Waals surface area contributed by atoms with Crippen LogP contribution in [-0.2, 0) is 11.3 Å². The third-order valence-corrected chi connectivity index (χ3v) is 5.30. The zero-order valence-corrected chi connectivity index (χ0v) is 16.5. The van der Waals surface area contributed by atoms with E-state index in [1.807, 2.05) is 35.0 Å². The lowest BCUT2D eigenvalue weighted by molar-refractivity contribution is 0.122. The van der Waals surface area contributed by atoms with E-state index in [1.54, 1.807) is 18.3 Å². The van der Waals surface area contributed by atoms with Gasteiger partial charge in [-0.05, 0) is 36.4 Å². The molecule has 30 heavy (non-hydrogen) atoms. The topological polar surface area (TPSA) is 55.2 Å². The Hall–Kier alpha value is -3.45. The van der Waals surface area contributed by atoms with Crippen LogP contribution in [0.4, 0.5) is 21.7 Å². The van der Waals surface area contributed by atoms with Crippen LogP contribution in [0.3, 0.4) is 0 Å². The van der Waals surface area contributed by atoms with Gasteiger partial charge in [-0.25, -0.2) is 9.37 Å². The molecule has 5 rings (SSSR count). The van der Waals surface area contributed by atoms with Gasteiger partial charge in [0, 0.05) is 47.8 Å². The number of hydrogen-bond donors (Lipinski definition) is 1. The van der Waals surface area contributed by atoms with Gasteiger partial charge in [0.2, 0.25) is 5.95 Å². The van der Waals surface area contributed by atoms with Crippen molar-refractivity contribution in [1.29, 1.82) is 0 Å². The summed E-state index contributed by atoms with van der Waals surface area (Å²) >= 11 is 0. The van der Waals surface area contributed by atoms with Crippen LogP contribution >= 0.6 is 0 Å². The summed E-state index contributed by atoms with van der Waals surface area (Å²) in [6.07, 6.45) is 3.69. The lowest BCUT2D eigenvalue weighted by atomic mass is 10.2. The van der Waals surface area contributed by atoms with Crippen molar-refractivity contribution < 1.29 is 9.13 Å². The van der Waals surface area contributed by atoms with Crippen molar-refractivity contribution in [2.45, 2.75) is 6.54 Å². The van der Waals surface area contributed by atoms with Gasteiger partial charge in [-0.2, -0.15) is 4.98 Å². The molecule has 2 aromatic carbocycles. The summed E-state index contributed by atoms with van der Waals surface area (Å²) < 4.78 is 21.4. The summed E-state index contributed by atoms with van der Waals surface area (Å²) in [5.41, 5.74) is 3.49. The summed E-state index contributed by atoms with van der Waals surface area (Å²) in [5.74, 6) is 0.294. The van der Waals surface area contributed by atoms with Crippen molar-refractivity contribution in [1.82, 2.24) is 14.5 Å². The Kier molecular flexibility index (Phi) is 5.03. The van der Waals surface area contributed by atoms with Gasteiger partial charge in [-0.3, -0.25) is 0 Å². The molecule has 152 valence electrons. The van der Waals surface area contributed by atoms with E-state index < -0.39 is 0 Å². The Labute approximate surface area is 173 Å². The molecule has 0 atom stereocenters. The maximum atomic E-state index is 14.0. The molecule has 1 fully saturated rings. The smallest absolute Gasteiger partial charge is 0.229 e. The van der Waals surface area contributed by atoms with Crippen LogP contribution in [0.25, 0.3) is 11.0 Å². The molecule has 4 aromatic rings. The number of nitrogens with one attached hydrogen (secondary N) is 1. The number of rotatable bonds is 5. The third-order valence-electron chi connectivity index (χ3n) is 5.30. The van der Waals surface area contributed by atoms with Gasteiger partial charge in [-0.1, -0.05) is 18.2 Å². The number of aromatic nitrogens is 3. The second-order valence-corrected chi connectivity index (χ2v) is 7.28. The molecule has 0 spiro atoms. The summed E-state index contributed by atoms with van der Waals surface area (Å²) in [5, 5.41) is 4.18. The monoisotopic (exact) mass is 403 g/mol. The van der Waals surface area contributed by atoms with Crippen LogP contribution in [-0.4, -0.2) is 40.8 Å². The summed E-state index contributed by atoms with van der Waals surface area (Å²) in [4.78, 5) is 11.4. The standard InChI is InChI=1S/C23H22FN5O/c24-21-4-2-1-3-18(21)16-29-10-9-17-15-25-23(27-22(17)29)26-19-5-7-20(8-6-19)28-11-13-30-14-12-28/h1-10,15H,11-14,16H2,(H,25,26,27). The highest BCUT2D eigenvalue weighted by molar-refractivity contribution is 5.77. The molecular weight excluding hydrogens is 381 g/mol. The molecule has 0 amide bonds. The zero-order chi connectivity index (χ0) is 20.3. The van der Waals surface area contributed by atoms with Crippen LogP contribution < -0.4 is 10.2 Å². The first-order valence-corrected chi connectivity index (χ1v) is 10.0. The normalized spacial score (nSPS) is 14.2. The molecule has 0 saturated carbocycles. The minimum Gasteiger partial charge on any atom is -0.378 e. The van der Waals surface area contributed by atoms with Gasteiger partial charge in [0.1, 0.15) is 11.5 Å². The number of nitrogens with zero attached hydrogens (tertiary/aromatic N) is 4. The number of halogens is 1. The van der Waals surface area contributed by atoms with E-state index in [1.165, 1.54) is 11.8 Å². The first-order chi connectivity index (χ1) is 14.8. The van der Waals surface area contributed by atoms with Gasteiger partial charge in [0.15, 0.2) is 0 Å². The van der Waals surface area contributed by atoms with Crippen LogP contribution in [0, 0.1) is 5.82 Å². The maximum absolute atomic E-state index is 14.0. The molecule has 3 heterocycles. The quantitative estimate of drug-likeness (QED) is 0.541. The largest absolute Gasteiger partial charge is 0.378 e. The summed E-state index contributed by atoms with van der Waals surface area (Å²) in [6.45, 7) is 3.76. The van der Waals surface area contributed by atoms with Gasteiger partial charge in [0.25, 0.3) is 0 Å². The first kappa shape index (κ1) is 18.6. The SMILES string of the molecule is Fc1ccccc1Cn1ccc2cnc(Nc3ccc(N4CCOCC4)cc3)nc21. The highest BCUT2D eigenvalue weighted by Gasteiger charge is 2.12. The van der Waals surface area contributed by atoms with Gasteiger partial charge in [0.05, 0.1) is 19.8 Å². The van der Waals surface area contributed by atoms with E-state index in [-0.39, 0.29) is 5.82 Å². The highest BCUT2D eigenvalue weighted by atomic mass is 19.1. The van der Waals surface area contributed by atoms with Crippen LogP contribution in [0.15, 0.2) is 67.0 Å².